The van der Waals surface area contributed by atoms with Crippen molar-refractivity contribution in [1.82, 2.24) is 0 Å². The van der Waals surface area contributed by atoms with E-state index in [-0.39, 0.29) is 48.1 Å². The second-order valence-corrected chi connectivity index (χ2v) is 9.06. The van der Waals surface area contributed by atoms with Gasteiger partial charge < -0.3 is 10.8 Å². The van der Waals surface area contributed by atoms with Crippen LogP contribution in [0.1, 0.15) is 46.0 Å². The second kappa shape index (κ2) is 5.46. The first-order chi connectivity index (χ1) is 12.2. The highest BCUT2D eigenvalue weighted by Crippen LogP contribution is 2.65. The minimum absolute atomic E-state index is 0.00666. The summed E-state index contributed by atoms with van der Waals surface area (Å²) in [5, 5.41) is 11.2. The van der Waals surface area contributed by atoms with Gasteiger partial charge in [0.2, 0.25) is 0 Å². The van der Waals surface area contributed by atoms with Gasteiger partial charge in [-0.1, -0.05) is 25.5 Å². The number of nitrogens with two attached hydrogens (primary N) is 1. The number of allylic oxidation sites excluding steroid dienone is 4. The summed E-state index contributed by atoms with van der Waals surface area (Å²) in [6, 6.07) is 0. The molecule has 0 aromatic carbocycles. The van der Waals surface area contributed by atoms with Crippen LogP contribution in [0.25, 0.3) is 0 Å². The number of ketones is 3. The van der Waals surface area contributed by atoms with Crippen LogP contribution in [0, 0.1) is 28.6 Å². The van der Waals surface area contributed by atoms with E-state index in [2.05, 4.69) is 6.92 Å². The lowest BCUT2D eigenvalue weighted by atomic mass is 9.46. The maximum Gasteiger partial charge on any atom is 0.178 e. The molecule has 3 N–H and O–H groups in total. The van der Waals surface area contributed by atoms with Crippen LogP contribution in [-0.2, 0) is 14.4 Å². The minimum Gasteiger partial charge on any atom is -0.381 e. The van der Waals surface area contributed by atoms with Crippen molar-refractivity contribution in [3.05, 3.63) is 23.8 Å². The fraction of sp³-hybridized carbons (Fsp3) is 0.667. The molecule has 3 saturated carbocycles. The summed E-state index contributed by atoms with van der Waals surface area (Å²) in [5.41, 5.74) is 3.95. The molecular weight excluding hydrogens is 330 g/mol. The Hall–Kier alpha value is -1.59. The first-order valence-corrected chi connectivity index (χ1v) is 9.60. The first kappa shape index (κ1) is 17.8. The molecule has 0 aromatic rings. The van der Waals surface area contributed by atoms with Gasteiger partial charge in [-0.2, -0.15) is 0 Å². The SMILES string of the molecule is C[C@@]12C=CC(=O)C=C1CC[C@H]1[C@H]2C(=O)C[C@]2(C)[C@@H]1CC[C@@]2(O)C(=O)CN. The van der Waals surface area contributed by atoms with E-state index >= 15 is 0 Å². The van der Waals surface area contributed by atoms with Crippen LogP contribution in [0.2, 0.25) is 0 Å². The van der Waals surface area contributed by atoms with Crippen molar-refractivity contribution in [3.63, 3.8) is 0 Å². The molecule has 0 aliphatic heterocycles. The van der Waals surface area contributed by atoms with Crippen LogP contribution in [-0.4, -0.2) is 34.6 Å². The van der Waals surface area contributed by atoms with E-state index in [1.54, 1.807) is 12.2 Å². The predicted octanol–water partition coefficient (Wildman–Crippen LogP) is 1.73. The molecule has 0 radical (unpaired) electrons. The number of hydrogen-bond acceptors (Lipinski definition) is 5. The summed E-state index contributed by atoms with van der Waals surface area (Å²) in [7, 11) is 0. The van der Waals surface area contributed by atoms with Gasteiger partial charge in [0.25, 0.3) is 0 Å². The number of fused-ring (bicyclic) bond motifs is 5. The summed E-state index contributed by atoms with van der Waals surface area (Å²) in [6.45, 7) is 3.77. The summed E-state index contributed by atoms with van der Waals surface area (Å²) >= 11 is 0. The lowest BCUT2D eigenvalue weighted by molar-refractivity contribution is -0.166. The molecule has 0 saturated heterocycles. The molecule has 4 aliphatic rings. The van der Waals surface area contributed by atoms with Crippen molar-refractivity contribution < 1.29 is 19.5 Å². The highest BCUT2D eigenvalue weighted by atomic mass is 16.3. The molecule has 0 heterocycles. The molecule has 6 atom stereocenters. The third-order valence-corrected chi connectivity index (χ3v) is 8.06. The van der Waals surface area contributed by atoms with Gasteiger partial charge in [0.1, 0.15) is 11.4 Å². The number of carbonyl (C=O) groups is 3. The molecule has 26 heavy (non-hydrogen) atoms. The standard InChI is InChI=1S/C21H27NO4/c1-19-7-5-13(23)9-12(19)3-4-14-15-6-8-21(26,17(25)11-22)20(15,2)10-16(24)18(14)19/h5,7,9,14-15,18,26H,3-4,6,8,10-11,22H2,1-2H3/t14-,15-,18+,19-,20-,21-/m1/s1. The van der Waals surface area contributed by atoms with Gasteiger partial charge >= 0.3 is 0 Å². The third-order valence-electron chi connectivity index (χ3n) is 8.06. The topological polar surface area (TPSA) is 97.5 Å². The van der Waals surface area contributed by atoms with Gasteiger partial charge in [0.15, 0.2) is 11.6 Å². The van der Waals surface area contributed by atoms with Crippen molar-refractivity contribution in [2.75, 3.05) is 6.54 Å². The third kappa shape index (κ3) is 2.01. The van der Waals surface area contributed by atoms with Crippen molar-refractivity contribution in [2.45, 2.75) is 51.6 Å². The monoisotopic (exact) mass is 357 g/mol. The zero-order valence-electron chi connectivity index (χ0n) is 15.5. The van der Waals surface area contributed by atoms with Gasteiger partial charge in [0, 0.05) is 23.2 Å². The van der Waals surface area contributed by atoms with Crippen molar-refractivity contribution >= 4 is 17.3 Å². The Bertz CT molecular complexity index is 768. The number of hydrogen-bond donors (Lipinski definition) is 2. The number of Topliss-reactive ketones (excluding diaryl/α,β-unsaturated/α-hetero) is 2. The molecule has 0 unspecified atom stereocenters. The zero-order valence-corrected chi connectivity index (χ0v) is 15.5. The second-order valence-electron chi connectivity index (χ2n) is 9.06. The van der Waals surface area contributed by atoms with E-state index in [0.717, 1.165) is 24.8 Å². The van der Waals surface area contributed by atoms with Gasteiger partial charge in [-0.15, -0.1) is 0 Å². The summed E-state index contributed by atoms with van der Waals surface area (Å²) in [6.07, 6.45) is 8.12. The maximum absolute atomic E-state index is 13.3. The molecule has 5 heteroatoms. The molecule has 3 fully saturated rings. The summed E-state index contributed by atoms with van der Waals surface area (Å²) in [5.74, 6) is -0.186. The Labute approximate surface area is 153 Å². The van der Waals surface area contributed by atoms with Crippen LogP contribution in [0.15, 0.2) is 23.8 Å². The smallest absolute Gasteiger partial charge is 0.178 e. The molecule has 140 valence electrons. The summed E-state index contributed by atoms with van der Waals surface area (Å²) in [4.78, 5) is 37.6. The molecular formula is C21H27NO4. The quantitative estimate of drug-likeness (QED) is 0.784. The Morgan fingerprint density at radius 2 is 2.04 bits per heavy atom. The van der Waals surface area contributed by atoms with Gasteiger partial charge in [0.05, 0.1) is 6.54 Å². The van der Waals surface area contributed by atoms with Crippen LogP contribution >= 0.6 is 0 Å². The average molecular weight is 357 g/mol. The van der Waals surface area contributed by atoms with Crippen molar-refractivity contribution in [2.24, 2.45) is 34.3 Å². The molecule has 0 aromatic heterocycles. The zero-order chi connectivity index (χ0) is 18.9. The molecule has 0 spiro atoms. The van der Waals surface area contributed by atoms with Crippen molar-refractivity contribution in [3.8, 4) is 0 Å². The first-order valence-electron chi connectivity index (χ1n) is 9.60. The van der Waals surface area contributed by atoms with E-state index in [1.807, 2.05) is 13.0 Å². The lowest BCUT2D eigenvalue weighted by Gasteiger charge is -2.56. The fourth-order valence-electron chi connectivity index (χ4n) is 6.66. The fourth-order valence-corrected chi connectivity index (χ4v) is 6.66. The van der Waals surface area contributed by atoms with Crippen LogP contribution in [0.4, 0.5) is 0 Å². The Kier molecular flexibility index (Phi) is 3.74. The van der Waals surface area contributed by atoms with Gasteiger partial charge in [-0.3, -0.25) is 14.4 Å². The molecule has 4 rings (SSSR count). The minimum atomic E-state index is -1.50. The molecule has 0 bridgehead atoms. The number of rotatable bonds is 2. The van der Waals surface area contributed by atoms with Crippen LogP contribution in [0.5, 0.6) is 0 Å². The normalized spacial score (nSPS) is 47.1. The van der Waals surface area contributed by atoms with Gasteiger partial charge in [-0.05, 0) is 49.7 Å². The van der Waals surface area contributed by atoms with Crippen LogP contribution in [0.3, 0.4) is 0 Å². The Morgan fingerprint density at radius 3 is 2.73 bits per heavy atom. The number of aliphatic hydroxyl groups is 1. The highest BCUT2D eigenvalue weighted by Gasteiger charge is 2.68. The lowest BCUT2D eigenvalue weighted by Crippen LogP contribution is -2.61. The van der Waals surface area contributed by atoms with E-state index in [4.69, 9.17) is 5.73 Å². The Morgan fingerprint density at radius 1 is 1.31 bits per heavy atom. The van der Waals surface area contributed by atoms with E-state index in [9.17, 15) is 19.5 Å². The molecule has 0 amide bonds. The van der Waals surface area contributed by atoms with E-state index < -0.39 is 16.4 Å². The largest absolute Gasteiger partial charge is 0.381 e. The average Bonchev–Trinajstić information content (AvgIpc) is 2.86. The maximum atomic E-state index is 13.3. The van der Waals surface area contributed by atoms with Crippen molar-refractivity contribution in [1.29, 1.82) is 0 Å². The number of carbonyl (C=O) groups excluding carboxylic acids is 3. The van der Waals surface area contributed by atoms with Gasteiger partial charge in [-0.25, -0.2) is 0 Å². The molecule has 5 nitrogen and oxygen atoms in total. The molecule has 4 aliphatic carbocycles. The van der Waals surface area contributed by atoms with E-state index in [0.29, 0.717) is 6.42 Å². The predicted molar refractivity (Wildman–Crippen MR) is 96.0 cm³/mol. The Balaban J connectivity index is 1.76. The summed E-state index contributed by atoms with van der Waals surface area (Å²) < 4.78 is 0. The van der Waals surface area contributed by atoms with E-state index in [1.165, 1.54) is 0 Å². The highest BCUT2D eigenvalue weighted by molar-refractivity contribution is 6.02. The van der Waals surface area contributed by atoms with Crippen LogP contribution < -0.4 is 5.73 Å².